The predicted molar refractivity (Wildman–Crippen MR) is 105 cm³/mol. The molecule has 6 nitrogen and oxygen atoms in total. The maximum Gasteiger partial charge on any atom is 0.256 e. The number of nitrogens with zero attached hydrogens (tertiary/aromatic N) is 3. The standard InChI is InChI=1S/C21H26N4O2/c1-16(2)10-13-27-19-9-5-4-8-17(19)14-22-20(26)18-15-23-24(3)21(18)25-11-6-7-12-25/h4-9,11-12,15-16H,10,13-14H2,1-3H3,(H,22,26). The molecular formula is C21H26N4O2. The molecule has 1 N–H and O–H groups in total. The van der Waals surface area contributed by atoms with E-state index in [9.17, 15) is 4.79 Å². The Bertz CT molecular complexity index is 881. The van der Waals surface area contributed by atoms with Crippen LogP contribution in [0.25, 0.3) is 5.82 Å². The van der Waals surface area contributed by atoms with E-state index in [0.29, 0.717) is 24.6 Å². The fourth-order valence-electron chi connectivity index (χ4n) is 2.84. The molecule has 0 radical (unpaired) electrons. The Morgan fingerprint density at radius 1 is 1.19 bits per heavy atom. The minimum Gasteiger partial charge on any atom is -0.493 e. The van der Waals surface area contributed by atoms with Gasteiger partial charge in [-0.1, -0.05) is 32.0 Å². The number of nitrogens with one attached hydrogen (secondary N) is 1. The van der Waals surface area contributed by atoms with E-state index in [-0.39, 0.29) is 5.91 Å². The van der Waals surface area contributed by atoms with Crippen molar-refractivity contribution in [3.63, 3.8) is 0 Å². The van der Waals surface area contributed by atoms with Gasteiger partial charge >= 0.3 is 0 Å². The lowest BCUT2D eigenvalue weighted by Crippen LogP contribution is -2.24. The van der Waals surface area contributed by atoms with E-state index in [4.69, 9.17) is 4.74 Å². The normalized spacial score (nSPS) is 11.0. The number of amides is 1. The van der Waals surface area contributed by atoms with Gasteiger partial charge in [0.15, 0.2) is 0 Å². The molecule has 27 heavy (non-hydrogen) atoms. The summed E-state index contributed by atoms with van der Waals surface area (Å²) >= 11 is 0. The highest BCUT2D eigenvalue weighted by Crippen LogP contribution is 2.19. The molecule has 0 bridgehead atoms. The Morgan fingerprint density at radius 2 is 1.93 bits per heavy atom. The molecule has 1 aromatic carbocycles. The third-order valence-electron chi connectivity index (χ3n) is 4.37. The van der Waals surface area contributed by atoms with Crippen LogP contribution >= 0.6 is 0 Å². The van der Waals surface area contributed by atoms with Gasteiger partial charge in [-0.15, -0.1) is 0 Å². The third-order valence-corrected chi connectivity index (χ3v) is 4.37. The summed E-state index contributed by atoms with van der Waals surface area (Å²) in [7, 11) is 1.82. The van der Waals surface area contributed by atoms with Gasteiger partial charge in [0.05, 0.1) is 12.8 Å². The van der Waals surface area contributed by atoms with Gasteiger partial charge in [-0.3, -0.25) is 9.48 Å². The number of aryl methyl sites for hydroxylation is 1. The highest BCUT2D eigenvalue weighted by Gasteiger charge is 2.17. The van der Waals surface area contributed by atoms with Crippen LogP contribution in [0.3, 0.4) is 0 Å². The number of benzene rings is 1. The van der Waals surface area contributed by atoms with Crippen LogP contribution in [0.4, 0.5) is 0 Å². The first kappa shape index (κ1) is 18.8. The molecule has 0 unspecified atom stereocenters. The minimum absolute atomic E-state index is 0.163. The SMILES string of the molecule is CC(C)CCOc1ccccc1CNC(=O)c1cnn(C)c1-n1cccc1. The van der Waals surface area contributed by atoms with Crippen LogP contribution in [0.1, 0.15) is 36.2 Å². The van der Waals surface area contributed by atoms with Gasteiger partial charge in [-0.25, -0.2) is 0 Å². The molecule has 0 atom stereocenters. The van der Waals surface area contributed by atoms with E-state index < -0.39 is 0 Å². The van der Waals surface area contributed by atoms with Gasteiger partial charge in [-0.05, 0) is 30.5 Å². The van der Waals surface area contributed by atoms with E-state index in [0.717, 1.165) is 23.6 Å². The molecule has 6 heteroatoms. The highest BCUT2D eigenvalue weighted by molar-refractivity contribution is 5.97. The second-order valence-electron chi connectivity index (χ2n) is 6.92. The number of carbonyl (C=O) groups is 1. The van der Waals surface area contributed by atoms with Crippen molar-refractivity contribution in [3.05, 3.63) is 66.1 Å². The molecule has 1 amide bonds. The monoisotopic (exact) mass is 366 g/mol. The Labute approximate surface area is 159 Å². The molecule has 142 valence electrons. The summed E-state index contributed by atoms with van der Waals surface area (Å²) in [5.41, 5.74) is 1.49. The summed E-state index contributed by atoms with van der Waals surface area (Å²) < 4.78 is 9.47. The number of hydrogen-bond acceptors (Lipinski definition) is 3. The van der Waals surface area contributed by atoms with Crippen molar-refractivity contribution in [1.29, 1.82) is 0 Å². The van der Waals surface area contributed by atoms with E-state index in [1.807, 2.05) is 60.4 Å². The van der Waals surface area contributed by atoms with Crippen molar-refractivity contribution in [2.75, 3.05) is 6.61 Å². The fourth-order valence-corrected chi connectivity index (χ4v) is 2.84. The van der Waals surface area contributed by atoms with E-state index in [1.165, 1.54) is 0 Å². The van der Waals surface area contributed by atoms with Crippen LogP contribution in [0.2, 0.25) is 0 Å². The molecule has 0 saturated carbocycles. The lowest BCUT2D eigenvalue weighted by atomic mass is 10.1. The van der Waals surface area contributed by atoms with Crippen LogP contribution in [-0.2, 0) is 13.6 Å². The van der Waals surface area contributed by atoms with Gasteiger partial charge in [0.2, 0.25) is 0 Å². The molecule has 0 fully saturated rings. The maximum absolute atomic E-state index is 12.7. The van der Waals surface area contributed by atoms with Crippen LogP contribution in [0.5, 0.6) is 5.75 Å². The second-order valence-corrected chi connectivity index (χ2v) is 6.92. The lowest BCUT2D eigenvalue weighted by molar-refractivity contribution is 0.0950. The smallest absolute Gasteiger partial charge is 0.256 e. The van der Waals surface area contributed by atoms with Gasteiger partial charge < -0.3 is 14.6 Å². The predicted octanol–water partition coefficient (Wildman–Crippen LogP) is 3.57. The Hall–Kier alpha value is -3.02. The van der Waals surface area contributed by atoms with Crippen LogP contribution in [0.15, 0.2) is 55.0 Å². The molecule has 3 aromatic rings. The molecule has 0 aliphatic heterocycles. The summed E-state index contributed by atoms with van der Waals surface area (Å²) in [6.45, 7) is 5.41. The summed E-state index contributed by atoms with van der Waals surface area (Å²) in [6, 6.07) is 11.6. The first-order valence-electron chi connectivity index (χ1n) is 9.20. The van der Waals surface area contributed by atoms with Crippen molar-refractivity contribution < 1.29 is 9.53 Å². The average Bonchev–Trinajstić information content (AvgIpc) is 3.29. The zero-order valence-corrected chi connectivity index (χ0v) is 16.1. The first-order chi connectivity index (χ1) is 13.1. The number of para-hydroxylation sites is 1. The van der Waals surface area contributed by atoms with Gasteiger partial charge in [0.25, 0.3) is 5.91 Å². The Balaban J connectivity index is 1.69. The van der Waals surface area contributed by atoms with Crippen molar-refractivity contribution in [3.8, 4) is 11.6 Å². The van der Waals surface area contributed by atoms with Gasteiger partial charge in [0.1, 0.15) is 17.1 Å². The summed E-state index contributed by atoms with van der Waals surface area (Å²) in [5.74, 6) is 1.98. The van der Waals surface area contributed by atoms with Crippen molar-refractivity contribution in [2.45, 2.75) is 26.8 Å². The maximum atomic E-state index is 12.7. The van der Waals surface area contributed by atoms with Crippen molar-refractivity contribution >= 4 is 5.91 Å². The molecule has 3 rings (SSSR count). The van der Waals surface area contributed by atoms with E-state index in [2.05, 4.69) is 24.3 Å². The van der Waals surface area contributed by atoms with Crippen molar-refractivity contribution in [1.82, 2.24) is 19.7 Å². The first-order valence-corrected chi connectivity index (χ1v) is 9.20. The van der Waals surface area contributed by atoms with Crippen LogP contribution in [-0.4, -0.2) is 26.9 Å². The minimum atomic E-state index is -0.163. The van der Waals surface area contributed by atoms with Gasteiger partial charge in [-0.2, -0.15) is 5.10 Å². The molecule has 0 aliphatic rings. The molecule has 0 saturated heterocycles. The van der Waals surface area contributed by atoms with Crippen LogP contribution < -0.4 is 10.1 Å². The van der Waals surface area contributed by atoms with Crippen molar-refractivity contribution in [2.24, 2.45) is 13.0 Å². The quantitative estimate of drug-likeness (QED) is 0.663. The van der Waals surface area contributed by atoms with Crippen LogP contribution in [0, 0.1) is 5.92 Å². The molecule has 0 aliphatic carbocycles. The average molecular weight is 366 g/mol. The zero-order chi connectivity index (χ0) is 19.2. The number of carbonyl (C=O) groups excluding carboxylic acids is 1. The second kappa shape index (κ2) is 8.58. The summed E-state index contributed by atoms with van der Waals surface area (Å²) in [5, 5.41) is 7.22. The zero-order valence-electron chi connectivity index (χ0n) is 16.1. The molecule has 0 spiro atoms. The molecular weight excluding hydrogens is 340 g/mol. The molecule has 2 heterocycles. The lowest BCUT2D eigenvalue weighted by Gasteiger charge is -2.13. The fraction of sp³-hybridized carbons (Fsp3) is 0.333. The topological polar surface area (TPSA) is 61.1 Å². The van der Waals surface area contributed by atoms with Gasteiger partial charge in [0, 0.05) is 31.5 Å². The number of hydrogen-bond donors (Lipinski definition) is 1. The van der Waals surface area contributed by atoms with E-state index in [1.54, 1.807) is 10.9 Å². The Morgan fingerprint density at radius 3 is 2.67 bits per heavy atom. The number of ether oxygens (including phenoxy) is 1. The Kier molecular flexibility index (Phi) is 5.96. The summed E-state index contributed by atoms with van der Waals surface area (Å²) in [6.07, 6.45) is 6.38. The number of rotatable bonds is 8. The summed E-state index contributed by atoms with van der Waals surface area (Å²) in [4.78, 5) is 12.7. The number of aromatic nitrogens is 3. The molecule has 2 aromatic heterocycles. The van der Waals surface area contributed by atoms with E-state index >= 15 is 0 Å². The third kappa shape index (κ3) is 4.58. The largest absolute Gasteiger partial charge is 0.493 e. The highest BCUT2D eigenvalue weighted by atomic mass is 16.5.